The number of amides is 2. The summed E-state index contributed by atoms with van der Waals surface area (Å²) in [7, 11) is 0.366. The van der Waals surface area contributed by atoms with Crippen LogP contribution < -0.4 is 4.31 Å². The zero-order valence-electron chi connectivity index (χ0n) is 16.1. The van der Waals surface area contributed by atoms with Gasteiger partial charge in [0.2, 0.25) is 0 Å². The monoisotopic (exact) mass is 649 g/mol. The molecule has 0 saturated carbocycles. The van der Waals surface area contributed by atoms with E-state index in [1.807, 2.05) is 12.1 Å². The highest BCUT2D eigenvalue weighted by Gasteiger charge is 2.76. The molecule has 11 heteroatoms. The van der Waals surface area contributed by atoms with Crippen molar-refractivity contribution in [3.05, 3.63) is 60.2 Å². The van der Waals surface area contributed by atoms with Gasteiger partial charge in [-0.2, -0.15) is 0 Å². The van der Waals surface area contributed by atoms with Gasteiger partial charge in [0.05, 0.1) is 14.9 Å². The number of alkyl halides is 1. The summed E-state index contributed by atoms with van der Waals surface area (Å²) in [6, 6.07) is 15.5. The molecule has 2 aromatic carbocycles. The number of piperazine rings is 1. The van der Waals surface area contributed by atoms with Gasteiger partial charge in [-0.15, -0.1) is 0 Å². The second-order valence-corrected chi connectivity index (χ2v) is 13.8. The van der Waals surface area contributed by atoms with Crippen molar-refractivity contribution in [1.29, 1.82) is 0 Å². The normalized spacial score (nSPS) is 27.4. The van der Waals surface area contributed by atoms with E-state index in [2.05, 4.69) is 15.9 Å². The Bertz CT molecular complexity index is 1260. The predicted molar refractivity (Wildman–Crippen MR) is 170 cm³/mol. The molecule has 2 bridgehead atoms. The minimum Gasteiger partial charge on any atom is -0.322 e. The van der Waals surface area contributed by atoms with Crippen molar-refractivity contribution in [1.82, 2.24) is 9.80 Å². The Morgan fingerprint density at radius 1 is 0.895 bits per heavy atom. The first-order valence-corrected chi connectivity index (χ1v) is 14.0. The van der Waals surface area contributed by atoms with Gasteiger partial charge in [0, 0.05) is 13.5 Å². The highest BCUT2D eigenvalue weighted by Crippen LogP contribution is 2.69. The predicted octanol–water partition coefficient (Wildman–Crippen LogP) is 7.39. The second-order valence-electron chi connectivity index (χ2n) is 7.98. The number of carbonyl (C=O) groups is 2. The van der Waals surface area contributed by atoms with Gasteiger partial charge in [-0.3, -0.25) is 14.5 Å². The molecule has 0 radical (unpaired) electrons. The molecular formula is C27H44BrN3O4S3. The fourth-order valence-electron chi connectivity index (χ4n) is 5.05. The van der Waals surface area contributed by atoms with Gasteiger partial charge in [-0.05, 0) is 23.8 Å². The van der Waals surface area contributed by atoms with Gasteiger partial charge < -0.3 is 4.90 Å². The van der Waals surface area contributed by atoms with Crippen LogP contribution in [0.5, 0.6) is 0 Å². The van der Waals surface area contributed by atoms with Crippen LogP contribution in [-0.4, -0.2) is 53.5 Å². The lowest BCUT2D eigenvalue weighted by Crippen LogP contribution is -2.72. The lowest BCUT2D eigenvalue weighted by Gasteiger charge is -2.53. The molecule has 5 heterocycles. The van der Waals surface area contributed by atoms with Crippen molar-refractivity contribution < 1.29 is 18.0 Å². The van der Waals surface area contributed by atoms with Crippen LogP contribution in [0, 0.1) is 0 Å². The molecule has 1 spiro atoms. The number of halogens is 1. The molecule has 0 unspecified atom stereocenters. The van der Waals surface area contributed by atoms with E-state index in [0.29, 0.717) is 5.69 Å². The van der Waals surface area contributed by atoms with Crippen molar-refractivity contribution in [3.8, 4) is 0 Å². The minimum absolute atomic E-state index is 0. The Labute approximate surface area is 247 Å². The zero-order valence-corrected chi connectivity index (χ0v) is 20.2. The maximum Gasteiger partial charge on any atom is 0.266 e. The van der Waals surface area contributed by atoms with Crippen LogP contribution in [0.1, 0.15) is 64.0 Å². The van der Waals surface area contributed by atoms with E-state index in [1.54, 1.807) is 49.5 Å². The highest BCUT2D eigenvalue weighted by atomic mass is 79.9. The number of rotatable bonds is 2. The van der Waals surface area contributed by atoms with E-state index in [0.717, 1.165) is 5.56 Å². The molecule has 0 aliphatic carbocycles. The maximum atomic E-state index is 13.9. The highest BCUT2D eigenvalue weighted by molar-refractivity contribution is 9.09. The molecule has 216 valence electrons. The SMILES string of the molecule is C.C.C.C.C.C.C.CN1C(=O)[C@@]23C[C@]4(Br)c5ccccc5N(S(=O)(=O)c5ccccc5)[C@@H]4N2C(=O)[C@@H]1SS3. The number of hydrogen-bond acceptors (Lipinski definition) is 6. The largest absolute Gasteiger partial charge is 0.322 e. The molecule has 4 saturated heterocycles. The van der Waals surface area contributed by atoms with Crippen molar-refractivity contribution in [2.75, 3.05) is 11.4 Å². The number of hydrogen-bond donors (Lipinski definition) is 0. The third-order valence-electron chi connectivity index (χ3n) is 6.38. The third-order valence-corrected chi connectivity index (χ3v) is 12.5. The number of nitrogens with zero attached hydrogens (tertiary/aromatic N) is 3. The van der Waals surface area contributed by atoms with Crippen LogP contribution >= 0.6 is 37.5 Å². The Hall–Kier alpha value is -1.69. The van der Waals surface area contributed by atoms with Gasteiger partial charge in [-0.1, -0.05) is 126 Å². The fraction of sp³-hybridized carbons (Fsp3) is 0.481. The molecule has 4 atom stereocenters. The molecule has 2 aromatic rings. The summed E-state index contributed by atoms with van der Waals surface area (Å²) in [5.41, 5.74) is 1.29. The van der Waals surface area contributed by atoms with Gasteiger partial charge in [0.15, 0.2) is 10.2 Å². The number of sulfonamides is 1. The summed E-state index contributed by atoms with van der Waals surface area (Å²) in [6.07, 6.45) is -0.599. The first-order chi connectivity index (χ1) is 14.7. The average Bonchev–Trinajstić information content (AvgIpc) is 3.18. The van der Waals surface area contributed by atoms with E-state index in [-0.39, 0.29) is 75.1 Å². The zero-order chi connectivity index (χ0) is 21.8. The molecular weight excluding hydrogens is 606 g/mol. The van der Waals surface area contributed by atoms with Crippen LogP contribution in [0.3, 0.4) is 0 Å². The van der Waals surface area contributed by atoms with Crippen LogP contribution in [0.4, 0.5) is 5.69 Å². The summed E-state index contributed by atoms with van der Waals surface area (Å²) in [4.78, 5) is 28.9. The van der Waals surface area contributed by atoms with Gasteiger partial charge in [0.25, 0.3) is 21.8 Å². The quantitative estimate of drug-likeness (QED) is 0.249. The van der Waals surface area contributed by atoms with Crippen LogP contribution in [0.2, 0.25) is 0 Å². The van der Waals surface area contributed by atoms with E-state index in [4.69, 9.17) is 0 Å². The minimum atomic E-state index is -4.00. The molecule has 4 fully saturated rings. The number of benzene rings is 2. The van der Waals surface area contributed by atoms with E-state index in [1.165, 1.54) is 35.7 Å². The van der Waals surface area contributed by atoms with Crippen molar-refractivity contribution in [2.45, 2.75) is 84.0 Å². The van der Waals surface area contributed by atoms with Crippen molar-refractivity contribution in [3.63, 3.8) is 0 Å². The molecule has 2 amide bonds. The topological polar surface area (TPSA) is 78.0 Å². The summed E-state index contributed by atoms with van der Waals surface area (Å²) >= 11 is 3.84. The molecule has 5 aliphatic heterocycles. The molecule has 38 heavy (non-hydrogen) atoms. The first kappa shape index (κ1) is 38.5. The Morgan fingerprint density at radius 2 is 1.45 bits per heavy atom. The summed E-state index contributed by atoms with van der Waals surface area (Å²) < 4.78 is 28.2. The summed E-state index contributed by atoms with van der Waals surface area (Å²) in [5, 5.41) is -0.667. The maximum absolute atomic E-state index is 13.9. The Balaban J connectivity index is 0. The Morgan fingerprint density at radius 3 is 2.05 bits per heavy atom. The third kappa shape index (κ3) is 4.37. The summed E-state index contributed by atoms with van der Waals surface area (Å²) in [5.74, 6) is -0.401. The molecule has 7 nitrogen and oxygen atoms in total. The average molecular weight is 651 g/mol. The van der Waals surface area contributed by atoms with Crippen molar-refractivity contribution >= 4 is 65.0 Å². The smallest absolute Gasteiger partial charge is 0.266 e. The number of anilines is 1. The van der Waals surface area contributed by atoms with E-state index in [9.17, 15) is 18.0 Å². The molecule has 0 aromatic heterocycles. The van der Waals surface area contributed by atoms with Gasteiger partial charge in [-0.25, -0.2) is 12.7 Å². The second kappa shape index (κ2) is 12.2. The molecule has 0 N–H and O–H groups in total. The van der Waals surface area contributed by atoms with Crippen LogP contribution in [-0.2, 0) is 23.9 Å². The number of fused-ring (bicyclic) bond motifs is 5. The van der Waals surface area contributed by atoms with E-state index < -0.39 is 30.8 Å². The van der Waals surface area contributed by atoms with Gasteiger partial charge in [0.1, 0.15) is 6.17 Å². The van der Waals surface area contributed by atoms with Gasteiger partial charge >= 0.3 is 0 Å². The van der Waals surface area contributed by atoms with Crippen LogP contribution in [0.15, 0.2) is 59.5 Å². The van der Waals surface area contributed by atoms with Crippen LogP contribution in [0.25, 0.3) is 0 Å². The molecule has 5 aliphatic rings. The fourth-order valence-corrected chi connectivity index (χ4v) is 11.7. The Kier molecular flexibility index (Phi) is 12.4. The first-order valence-electron chi connectivity index (χ1n) is 9.56. The number of likely N-dealkylation sites (N-methyl/N-ethyl adjacent to an activating group) is 1. The molecule has 7 rings (SSSR count). The number of para-hydroxylation sites is 1. The standard InChI is InChI=1S/C20H16BrN3O4S3.7CH4/c1-22-16-15(25)23-17-19(21,11-20(23,18(22)26)30-29-16)13-9-5-6-10-14(13)24(17)31(27,28)12-7-3-2-4-8-12;;;;;;;/h2-10,16-17H,11H2,1H3;7*1H4/t16-,17-,19-,20-;;;;;;;/m0......./s1. The number of carbonyl (C=O) groups excluding carboxylic acids is 2. The summed E-state index contributed by atoms with van der Waals surface area (Å²) in [6.45, 7) is 0. The van der Waals surface area contributed by atoms with Crippen molar-refractivity contribution in [2.24, 2.45) is 0 Å². The lowest BCUT2D eigenvalue weighted by molar-refractivity contribution is -0.158. The lowest BCUT2D eigenvalue weighted by atomic mass is 9.95. The van der Waals surface area contributed by atoms with E-state index >= 15 is 0 Å².